The van der Waals surface area contributed by atoms with Crippen LogP contribution in [-0.2, 0) is 9.59 Å². The molecule has 0 aliphatic heterocycles. The third-order valence-corrected chi connectivity index (χ3v) is 3.75. The predicted molar refractivity (Wildman–Crippen MR) is 47.4 cm³/mol. The highest BCUT2D eigenvalue weighted by Gasteiger charge is 2.75. The van der Waals surface area contributed by atoms with E-state index in [2.05, 4.69) is 12.6 Å². The summed E-state index contributed by atoms with van der Waals surface area (Å²) in [4.78, 5) is 21.8. The van der Waals surface area contributed by atoms with Gasteiger partial charge in [-0.05, 0) is 0 Å². The lowest BCUT2D eigenvalue weighted by atomic mass is 10.1. The first-order valence-electron chi connectivity index (χ1n) is 3.58. The SMILES string of the molecule is CC1(C)C(C(N)=O)C1(S)C(N)=O. The molecule has 4 N–H and O–H groups in total. The normalized spacial score (nSPS) is 37.4. The Morgan fingerprint density at radius 2 is 1.75 bits per heavy atom. The van der Waals surface area contributed by atoms with Gasteiger partial charge in [-0.1, -0.05) is 13.8 Å². The number of primary amides is 2. The van der Waals surface area contributed by atoms with Crippen molar-refractivity contribution in [1.29, 1.82) is 0 Å². The second-order valence-corrected chi connectivity index (χ2v) is 4.39. The van der Waals surface area contributed by atoms with Crippen molar-refractivity contribution >= 4 is 24.4 Å². The van der Waals surface area contributed by atoms with Gasteiger partial charge in [0.05, 0.1) is 5.92 Å². The molecular formula is C7H12N2O2S. The Kier molecular flexibility index (Phi) is 1.69. The van der Waals surface area contributed by atoms with Crippen molar-refractivity contribution < 1.29 is 9.59 Å². The Bertz CT molecular complexity index is 264. The zero-order valence-corrected chi connectivity index (χ0v) is 7.89. The van der Waals surface area contributed by atoms with Gasteiger partial charge in [0.15, 0.2) is 0 Å². The van der Waals surface area contributed by atoms with Crippen LogP contribution in [0.5, 0.6) is 0 Å². The fourth-order valence-electron chi connectivity index (χ4n) is 1.76. The number of hydrogen-bond donors (Lipinski definition) is 3. The molecule has 4 nitrogen and oxygen atoms in total. The van der Waals surface area contributed by atoms with Crippen LogP contribution in [0.3, 0.4) is 0 Å². The lowest BCUT2D eigenvalue weighted by molar-refractivity contribution is -0.123. The van der Waals surface area contributed by atoms with Crippen LogP contribution in [0, 0.1) is 11.3 Å². The summed E-state index contributed by atoms with van der Waals surface area (Å²) in [5.74, 6) is -1.65. The second-order valence-electron chi connectivity index (χ2n) is 3.69. The first-order chi connectivity index (χ1) is 5.26. The zero-order chi connectivity index (χ0) is 9.73. The van der Waals surface area contributed by atoms with Gasteiger partial charge in [0.2, 0.25) is 11.8 Å². The molecule has 12 heavy (non-hydrogen) atoms. The summed E-state index contributed by atoms with van der Waals surface area (Å²) in [7, 11) is 0. The van der Waals surface area contributed by atoms with Gasteiger partial charge in [-0.3, -0.25) is 9.59 Å². The van der Waals surface area contributed by atoms with Crippen molar-refractivity contribution in [2.75, 3.05) is 0 Å². The molecule has 1 fully saturated rings. The second kappa shape index (κ2) is 2.16. The first kappa shape index (κ1) is 9.38. The average Bonchev–Trinajstić information content (AvgIpc) is 2.28. The topological polar surface area (TPSA) is 86.2 Å². The van der Waals surface area contributed by atoms with Crippen LogP contribution < -0.4 is 11.5 Å². The molecule has 0 spiro atoms. The van der Waals surface area contributed by atoms with E-state index in [1.165, 1.54) is 0 Å². The minimum atomic E-state index is -1.06. The minimum absolute atomic E-state index is 0.520. The number of carbonyl (C=O) groups is 2. The van der Waals surface area contributed by atoms with Crippen LogP contribution in [0.25, 0.3) is 0 Å². The lowest BCUT2D eigenvalue weighted by Crippen LogP contribution is -2.32. The van der Waals surface area contributed by atoms with Gasteiger partial charge in [-0.2, -0.15) is 12.6 Å². The number of rotatable bonds is 2. The Morgan fingerprint density at radius 1 is 1.33 bits per heavy atom. The molecule has 0 aromatic rings. The summed E-state index contributed by atoms with van der Waals surface area (Å²) < 4.78 is -1.06. The number of amides is 2. The third kappa shape index (κ3) is 0.798. The van der Waals surface area contributed by atoms with E-state index in [1.807, 2.05) is 0 Å². The Balaban J connectivity index is 2.99. The van der Waals surface area contributed by atoms with Crippen LogP contribution >= 0.6 is 12.6 Å². The Labute approximate surface area is 76.1 Å². The molecule has 0 aromatic heterocycles. The molecule has 0 heterocycles. The summed E-state index contributed by atoms with van der Waals surface area (Å²) >= 11 is 4.10. The highest BCUT2D eigenvalue weighted by atomic mass is 32.1. The summed E-state index contributed by atoms with van der Waals surface area (Å²) in [5.41, 5.74) is 9.68. The smallest absolute Gasteiger partial charge is 0.234 e. The predicted octanol–water partition coefficient (Wildman–Crippen LogP) is -0.718. The Hall–Kier alpha value is -0.710. The molecule has 2 atom stereocenters. The van der Waals surface area contributed by atoms with Gasteiger partial charge in [-0.25, -0.2) is 0 Å². The van der Waals surface area contributed by atoms with Crippen molar-refractivity contribution in [3.63, 3.8) is 0 Å². The third-order valence-electron chi connectivity index (χ3n) is 2.70. The maximum atomic E-state index is 11.0. The largest absolute Gasteiger partial charge is 0.369 e. The van der Waals surface area contributed by atoms with Gasteiger partial charge >= 0.3 is 0 Å². The summed E-state index contributed by atoms with van der Waals surface area (Å²) in [6.07, 6.45) is 0. The van der Waals surface area contributed by atoms with E-state index in [1.54, 1.807) is 13.8 Å². The zero-order valence-electron chi connectivity index (χ0n) is 7.00. The van der Waals surface area contributed by atoms with Gasteiger partial charge in [0.1, 0.15) is 4.75 Å². The van der Waals surface area contributed by atoms with Crippen molar-refractivity contribution in [1.82, 2.24) is 0 Å². The molecule has 1 aliphatic rings. The molecule has 5 heteroatoms. The molecule has 1 aliphatic carbocycles. The van der Waals surface area contributed by atoms with E-state index in [4.69, 9.17) is 11.5 Å². The molecule has 0 radical (unpaired) electrons. The number of thiol groups is 1. The molecule has 0 aromatic carbocycles. The molecule has 68 valence electrons. The lowest BCUT2D eigenvalue weighted by Gasteiger charge is -2.06. The maximum Gasteiger partial charge on any atom is 0.234 e. The molecule has 0 saturated heterocycles. The summed E-state index contributed by atoms with van der Waals surface area (Å²) in [6.45, 7) is 3.50. The van der Waals surface area contributed by atoms with E-state index in [0.29, 0.717) is 0 Å². The van der Waals surface area contributed by atoms with Gasteiger partial charge in [0, 0.05) is 5.41 Å². The quantitative estimate of drug-likeness (QED) is 0.499. The number of hydrogen-bond acceptors (Lipinski definition) is 3. The van der Waals surface area contributed by atoms with Crippen molar-refractivity contribution in [2.45, 2.75) is 18.6 Å². The molecule has 2 amide bonds. The molecule has 2 unspecified atom stereocenters. The van der Waals surface area contributed by atoms with Crippen LogP contribution in [0.4, 0.5) is 0 Å². The van der Waals surface area contributed by atoms with E-state index in [9.17, 15) is 9.59 Å². The highest BCUT2D eigenvalue weighted by Crippen LogP contribution is 2.65. The maximum absolute atomic E-state index is 11.0. The van der Waals surface area contributed by atoms with Crippen molar-refractivity contribution in [2.24, 2.45) is 22.8 Å². The average molecular weight is 188 g/mol. The Morgan fingerprint density at radius 3 is 1.83 bits per heavy atom. The summed E-state index contributed by atoms with van der Waals surface area (Å²) in [5, 5.41) is 0. The fraction of sp³-hybridized carbons (Fsp3) is 0.714. The van der Waals surface area contributed by atoms with Gasteiger partial charge < -0.3 is 11.5 Å². The van der Waals surface area contributed by atoms with E-state index >= 15 is 0 Å². The van der Waals surface area contributed by atoms with Gasteiger partial charge in [0.25, 0.3) is 0 Å². The van der Waals surface area contributed by atoms with Crippen molar-refractivity contribution in [3.8, 4) is 0 Å². The minimum Gasteiger partial charge on any atom is -0.369 e. The van der Waals surface area contributed by atoms with Crippen LogP contribution in [0.1, 0.15) is 13.8 Å². The van der Waals surface area contributed by atoms with E-state index < -0.39 is 27.9 Å². The fourth-order valence-corrected chi connectivity index (χ4v) is 2.28. The summed E-state index contributed by atoms with van der Waals surface area (Å²) in [6, 6.07) is 0. The van der Waals surface area contributed by atoms with E-state index in [0.717, 1.165) is 0 Å². The molecular weight excluding hydrogens is 176 g/mol. The van der Waals surface area contributed by atoms with Crippen LogP contribution in [0.2, 0.25) is 0 Å². The number of carbonyl (C=O) groups excluding carboxylic acids is 2. The van der Waals surface area contributed by atoms with Crippen molar-refractivity contribution in [3.05, 3.63) is 0 Å². The molecule has 1 rings (SSSR count). The van der Waals surface area contributed by atoms with Gasteiger partial charge in [-0.15, -0.1) is 0 Å². The molecule has 0 bridgehead atoms. The van der Waals surface area contributed by atoms with Crippen LogP contribution in [0.15, 0.2) is 0 Å². The number of nitrogens with two attached hydrogens (primary N) is 2. The van der Waals surface area contributed by atoms with E-state index in [-0.39, 0.29) is 0 Å². The van der Waals surface area contributed by atoms with Crippen LogP contribution in [-0.4, -0.2) is 16.6 Å². The molecule has 1 saturated carbocycles. The highest BCUT2D eigenvalue weighted by molar-refractivity contribution is 7.83. The standard InChI is InChI=1S/C7H12N2O2S/c1-6(2)3(4(8)10)7(6,12)5(9)11/h3,12H,1-2H3,(H2,8,10)(H2,9,11). The first-order valence-corrected chi connectivity index (χ1v) is 4.02. The monoisotopic (exact) mass is 188 g/mol.